The Morgan fingerprint density at radius 3 is 2.50 bits per heavy atom. The van der Waals surface area contributed by atoms with Crippen LogP contribution in [0, 0.1) is 0 Å². The Hall–Kier alpha value is -4.38. The number of hydrogen-bond donors (Lipinski definition) is 2. The number of benzene rings is 2. The minimum Gasteiger partial charge on any atom is -0.378 e. The van der Waals surface area contributed by atoms with Gasteiger partial charge in [-0.3, -0.25) is 14.6 Å². The van der Waals surface area contributed by atoms with E-state index >= 15 is 0 Å². The van der Waals surface area contributed by atoms with Crippen LogP contribution in [0.1, 0.15) is 26.4 Å². The van der Waals surface area contributed by atoms with Crippen molar-refractivity contribution in [1.82, 2.24) is 14.9 Å². The van der Waals surface area contributed by atoms with Crippen molar-refractivity contribution in [2.24, 2.45) is 0 Å². The number of ether oxygens (including phenoxy) is 1. The number of aromatic nitrogens is 2. The Labute approximate surface area is 216 Å². The maximum atomic E-state index is 13.9. The lowest BCUT2D eigenvalue weighted by molar-refractivity contribution is -0.137. The number of carbonyl (C=O) groups excluding carboxylic acids is 2. The number of morpholine rings is 1. The molecule has 3 heterocycles. The van der Waals surface area contributed by atoms with Gasteiger partial charge in [-0.15, -0.1) is 0 Å². The molecule has 1 fully saturated rings. The lowest BCUT2D eigenvalue weighted by Crippen LogP contribution is -2.37. The Balaban J connectivity index is 1.39. The fraction of sp³-hybridized carbons (Fsp3) is 0.222. The van der Waals surface area contributed by atoms with Crippen LogP contribution in [0.3, 0.4) is 0 Å². The molecule has 0 aliphatic carbocycles. The summed E-state index contributed by atoms with van der Waals surface area (Å²) in [5.41, 5.74) is 1.34. The number of amides is 2. The number of halogens is 3. The molecule has 2 aromatic carbocycles. The molecule has 38 heavy (non-hydrogen) atoms. The molecule has 196 valence electrons. The predicted octanol–water partition coefficient (Wildman–Crippen LogP) is 4.49. The topological polar surface area (TPSA) is 88.5 Å². The molecule has 0 saturated carbocycles. The van der Waals surface area contributed by atoms with E-state index < -0.39 is 17.6 Å². The van der Waals surface area contributed by atoms with Crippen LogP contribution in [-0.2, 0) is 10.9 Å². The van der Waals surface area contributed by atoms with Crippen molar-refractivity contribution in [1.29, 1.82) is 0 Å². The van der Waals surface area contributed by atoms with Crippen LogP contribution in [0.4, 0.5) is 24.5 Å². The number of rotatable bonds is 5. The van der Waals surface area contributed by atoms with E-state index in [1.807, 2.05) is 16.8 Å². The molecule has 1 saturated heterocycles. The minimum absolute atomic E-state index is 0.0378. The molecule has 0 unspecified atom stereocenters. The summed E-state index contributed by atoms with van der Waals surface area (Å²) in [5, 5.41) is 6.03. The number of fused-ring (bicyclic) bond motifs is 1. The van der Waals surface area contributed by atoms with Crippen molar-refractivity contribution in [2.45, 2.75) is 6.18 Å². The molecule has 0 spiro atoms. The van der Waals surface area contributed by atoms with Crippen molar-refractivity contribution in [3.8, 4) is 5.69 Å². The third-order valence-electron chi connectivity index (χ3n) is 6.35. The van der Waals surface area contributed by atoms with Gasteiger partial charge in [0.2, 0.25) is 0 Å². The Morgan fingerprint density at radius 2 is 1.76 bits per heavy atom. The minimum atomic E-state index is -4.61. The van der Waals surface area contributed by atoms with E-state index in [0.717, 1.165) is 22.7 Å². The van der Waals surface area contributed by atoms with E-state index in [-0.39, 0.29) is 22.9 Å². The first kappa shape index (κ1) is 25.3. The fourth-order valence-corrected chi connectivity index (χ4v) is 4.45. The van der Waals surface area contributed by atoms with E-state index in [4.69, 9.17) is 4.74 Å². The molecule has 11 heteroatoms. The molecule has 2 N–H and O–H groups in total. The largest absolute Gasteiger partial charge is 0.418 e. The summed E-state index contributed by atoms with van der Waals surface area (Å²) in [6.45, 7) is 1.39. The highest BCUT2D eigenvalue weighted by atomic mass is 19.4. The lowest BCUT2D eigenvalue weighted by Gasteiger charge is -2.31. The Kier molecular flexibility index (Phi) is 6.77. The maximum Gasteiger partial charge on any atom is 0.418 e. The van der Waals surface area contributed by atoms with Gasteiger partial charge in [0.15, 0.2) is 0 Å². The van der Waals surface area contributed by atoms with Gasteiger partial charge in [-0.2, -0.15) is 13.2 Å². The molecule has 2 amide bonds. The van der Waals surface area contributed by atoms with E-state index in [1.165, 1.54) is 19.2 Å². The van der Waals surface area contributed by atoms with E-state index in [1.54, 1.807) is 41.4 Å². The zero-order valence-electron chi connectivity index (χ0n) is 20.4. The molecule has 1 aliphatic rings. The average molecular weight is 524 g/mol. The van der Waals surface area contributed by atoms with Gasteiger partial charge in [0.1, 0.15) is 5.69 Å². The third-order valence-corrected chi connectivity index (χ3v) is 6.35. The Morgan fingerprint density at radius 1 is 0.974 bits per heavy atom. The van der Waals surface area contributed by atoms with Crippen molar-refractivity contribution in [3.63, 3.8) is 0 Å². The summed E-state index contributed by atoms with van der Waals surface area (Å²) in [6, 6.07) is 14.1. The highest BCUT2D eigenvalue weighted by Crippen LogP contribution is 2.38. The monoisotopic (exact) mass is 523 g/mol. The number of hydrogen-bond acceptors (Lipinski definition) is 5. The van der Waals surface area contributed by atoms with Gasteiger partial charge < -0.3 is 24.8 Å². The summed E-state index contributed by atoms with van der Waals surface area (Å²) in [6.07, 6.45) is -1.25. The molecule has 0 radical (unpaired) electrons. The average Bonchev–Trinajstić information content (AvgIpc) is 3.35. The zero-order chi connectivity index (χ0) is 26.9. The number of carbonyl (C=O) groups is 2. The summed E-state index contributed by atoms with van der Waals surface area (Å²) in [5.74, 6) is -0.952. The standard InChI is InChI=1S/C27H24F3N5O3/c1-31-26(37)22-16-20(6-8-32-22)35-9-7-17-14-19(3-5-23(17)35)33-25(36)18-2-4-24(21(15-18)27(28,29)30)34-10-12-38-13-11-34/h2-9,14-16H,10-13H2,1H3,(H,31,37)(H,33,36). The van der Waals surface area contributed by atoms with Gasteiger partial charge >= 0.3 is 6.18 Å². The third kappa shape index (κ3) is 5.05. The van der Waals surface area contributed by atoms with Gasteiger partial charge in [0.05, 0.1) is 24.3 Å². The normalized spacial score (nSPS) is 13.9. The molecule has 2 aromatic heterocycles. The maximum absolute atomic E-state index is 13.9. The van der Waals surface area contributed by atoms with Crippen LogP contribution in [0.5, 0.6) is 0 Å². The second kappa shape index (κ2) is 10.2. The second-order valence-corrected chi connectivity index (χ2v) is 8.72. The Bertz CT molecular complexity index is 1510. The van der Waals surface area contributed by atoms with Gasteiger partial charge in [0.25, 0.3) is 11.8 Å². The quantitative estimate of drug-likeness (QED) is 0.403. The molecule has 4 aromatic rings. The van der Waals surface area contributed by atoms with Gasteiger partial charge in [-0.1, -0.05) is 0 Å². The van der Waals surface area contributed by atoms with Crippen molar-refractivity contribution in [3.05, 3.63) is 83.8 Å². The zero-order valence-corrected chi connectivity index (χ0v) is 20.4. The molecule has 1 aliphatic heterocycles. The smallest absolute Gasteiger partial charge is 0.378 e. The molecule has 8 nitrogen and oxygen atoms in total. The van der Waals surface area contributed by atoms with Crippen LogP contribution in [0.25, 0.3) is 16.6 Å². The van der Waals surface area contributed by atoms with Crippen LogP contribution >= 0.6 is 0 Å². The number of pyridine rings is 1. The highest BCUT2D eigenvalue weighted by Gasteiger charge is 2.36. The lowest BCUT2D eigenvalue weighted by atomic mass is 10.1. The molecule has 0 bridgehead atoms. The first-order chi connectivity index (χ1) is 18.2. The summed E-state index contributed by atoms with van der Waals surface area (Å²) in [4.78, 5) is 30.6. The van der Waals surface area contributed by atoms with E-state index in [2.05, 4.69) is 15.6 Å². The summed E-state index contributed by atoms with van der Waals surface area (Å²) < 4.78 is 48.7. The molecule has 5 rings (SSSR count). The number of nitrogens with one attached hydrogen (secondary N) is 2. The van der Waals surface area contributed by atoms with Crippen molar-refractivity contribution in [2.75, 3.05) is 43.6 Å². The first-order valence-corrected chi connectivity index (χ1v) is 11.9. The van der Waals surface area contributed by atoms with E-state index in [9.17, 15) is 22.8 Å². The first-order valence-electron chi connectivity index (χ1n) is 11.9. The van der Waals surface area contributed by atoms with Gasteiger partial charge in [0, 0.05) is 60.5 Å². The number of nitrogens with zero attached hydrogens (tertiary/aromatic N) is 3. The predicted molar refractivity (Wildman–Crippen MR) is 137 cm³/mol. The number of alkyl halides is 3. The second-order valence-electron chi connectivity index (χ2n) is 8.72. The van der Waals surface area contributed by atoms with Crippen molar-refractivity contribution < 1.29 is 27.5 Å². The summed E-state index contributed by atoms with van der Waals surface area (Å²) in [7, 11) is 1.53. The van der Waals surface area contributed by atoms with E-state index in [0.29, 0.717) is 32.0 Å². The van der Waals surface area contributed by atoms with Crippen molar-refractivity contribution >= 4 is 34.1 Å². The fourth-order valence-electron chi connectivity index (χ4n) is 4.45. The molecular formula is C27H24F3N5O3. The molecule has 0 atom stereocenters. The van der Waals surface area contributed by atoms with Crippen LogP contribution in [-0.4, -0.2) is 54.7 Å². The highest BCUT2D eigenvalue weighted by molar-refractivity contribution is 6.05. The van der Waals surface area contributed by atoms with Crippen LogP contribution in [0.2, 0.25) is 0 Å². The summed E-state index contributed by atoms with van der Waals surface area (Å²) >= 11 is 0. The molecular weight excluding hydrogens is 499 g/mol. The van der Waals surface area contributed by atoms with Gasteiger partial charge in [-0.05, 0) is 54.6 Å². The van der Waals surface area contributed by atoms with Gasteiger partial charge in [-0.25, -0.2) is 0 Å². The van der Waals surface area contributed by atoms with Crippen LogP contribution in [0.15, 0.2) is 67.0 Å². The SMILES string of the molecule is CNC(=O)c1cc(-n2ccc3cc(NC(=O)c4ccc(N5CCOCC5)c(C(F)(F)F)c4)ccc32)ccn1. The van der Waals surface area contributed by atoms with Crippen LogP contribution < -0.4 is 15.5 Å². The number of anilines is 2.